The van der Waals surface area contributed by atoms with Crippen molar-refractivity contribution >= 4 is 17.6 Å². The first-order valence-electron chi connectivity index (χ1n) is 4.81. The molecule has 0 spiro atoms. The molecule has 0 amide bonds. The fourth-order valence-electron chi connectivity index (χ4n) is 1.67. The Bertz CT molecular complexity index is 443. The predicted molar refractivity (Wildman–Crippen MR) is 54.4 cm³/mol. The largest absolute Gasteiger partial charge is 0.390 e. The van der Waals surface area contributed by atoms with Crippen LogP contribution in [-0.2, 0) is 14.3 Å². The summed E-state index contributed by atoms with van der Waals surface area (Å²) in [5, 5.41) is 0. The molecule has 1 saturated heterocycles. The summed E-state index contributed by atoms with van der Waals surface area (Å²) in [5.41, 5.74) is 0.968. The van der Waals surface area contributed by atoms with Crippen LogP contribution in [-0.4, -0.2) is 25.0 Å². The molecule has 1 heterocycles. The Balaban J connectivity index is 2.33. The molecule has 2 rings (SSSR count). The lowest BCUT2D eigenvalue weighted by molar-refractivity contribution is -0.160. The number of benzene rings is 1. The molecule has 0 aromatic heterocycles. The van der Waals surface area contributed by atoms with Gasteiger partial charge in [0.05, 0.1) is 0 Å². The molecule has 0 saturated carbocycles. The molecule has 1 aromatic carbocycles. The van der Waals surface area contributed by atoms with Gasteiger partial charge in [-0.05, 0) is 19.1 Å². The highest BCUT2D eigenvalue weighted by molar-refractivity contribution is 5.94. The molecular weight excluding hydrogens is 213 g/mol. The van der Waals surface area contributed by atoms with Gasteiger partial charge in [-0.25, -0.2) is 14.0 Å². The van der Waals surface area contributed by atoms with Gasteiger partial charge in [-0.15, -0.1) is 0 Å². The fraction of sp³-hybridized carbons (Fsp3) is 0.273. The third kappa shape index (κ3) is 1.88. The average Bonchev–Trinajstić information content (AvgIpc) is 2.20. The first-order valence-corrected chi connectivity index (χ1v) is 4.81. The SMILES string of the molecule is Cc1c(F)cccc1N1CC(=O)OC(=O)C1. The monoisotopic (exact) mass is 223 g/mol. The van der Waals surface area contributed by atoms with Crippen LogP contribution in [0.5, 0.6) is 0 Å². The van der Waals surface area contributed by atoms with Gasteiger partial charge in [0.2, 0.25) is 0 Å². The van der Waals surface area contributed by atoms with E-state index in [1.165, 1.54) is 11.0 Å². The highest BCUT2D eigenvalue weighted by atomic mass is 19.1. The molecule has 1 aliphatic heterocycles. The molecule has 0 N–H and O–H groups in total. The highest BCUT2D eigenvalue weighted by Crippen LogP contribution is 2.23. The van der Waals surface area contributed by atoms with Crippen LogP contribution >= 0.6 is 0 Å². The van der Waals surface area contributed by atoms with Gasteiger partial charge in [-0.1, -0.05) is 6.07 Å². The summed E-state index contributed by atoms with van der Waals surface area (Å²) in [7, 11) is 0. The molecule has 1 aromatic rings. The van der Waals surface area contributed by atoms with Crippen LogP contribution in [0.15, 0.2) is 18.2 Å². The van der Waals surface area contributed by atoms with Crippen molar-refractivity contribution in [1.82, 2.24) is 0 Å². The normalized spacial score (nSPS) is 16.2. The predicted octanol–water partition coefficient (Wildman–Crippen LogP) is 1.02. The Morgan fingerprint density at radius 2 is 1.88 bits per heavy atom. The molecular formula is C11H10FNO3. The molecule has 4 nitrogen and oxygen atoms in total. The van der Waals surface area contributed by atoms with Gasteiger partial charge in [0.1, 0.15) is 18.9 Å². The van der Waals surface area contributed by atoms with E-state index in [9.17, 15) is 14.0 Å². The second-order valence-electron chi connectivity index (χ2n) is 3.59. The minimum absolute atomic E-state index is 0.0317. The summed E-state index contributed by atoms with van der Waals surface area (Å²) >= 11 is 0. The molecule has 0 bridgehead atoms. The van der Waals surface area contributed by atoms with Gasteiger partial charge in [-0.3, -0.25) is 0 Å². The quantitative estimate of drug-likeness (QED) is 0.527. The van der Waals surface area contributed by atoms with E-state index in [2.05, 4.69) is 4.74 Å². The van der Waals surface area contributed by atoms with Gasteiger partial charge in [0, 0.05) is 11.3 Å². The summed E-state index contributed by atoms with van der Waals surface area (Å²) in [5.74, 6) is -1.58. The first kappa shape index (κ1) is 10.6. The Morgan fingerprint density at radius 1 is 1.25 bits per heavy atom. The van der Waals surface area contributed by atoms with Crippen molar-refractivity contribution in [1.29, 1.82) is 0 Å². The summed E-state index contributed by atoms with van der Waals surface area (Å²) in [4.78, 5) is 23.7. The Morgan fingerprint density at radius 3 is 2.50 bits per heavy atom. The third-order valence-corrected chi connectivity index (χ3v) is 2.45. The number of anilines is 1. The molecule has 0 radical (unpaired) electrons. The van der Waals surface area contributed by atoms with E-state index in [0.29, 0.717) is 11.3 Å². The van der Waals surface area contributed by atoms with Gasteiger partial charge >= 0.3 is 11.9 Å². The zero-order chi connectivity index (χ0) is 11.7. The standard InChI is InChI=1S/C11H10FNO3/c1-7-8(12)3-2-4-9(7)13-5-10(14)16-11(15)6-13/h2-4H,5-6H2,1H3. The van der Waals surface area contributed by atoms with Crippen molar-refractivity contribution in [2.24, 2.45) is 0 Å². The van der Waals surface area contributed by atoms with Crippen molar-refractivity contribution in [2.45, 2.75) is 6.92 Å². The van der Waals surface area contributed by atoms with Crippen molar-refractivity contribution in [3.05, 3.63) is 29.6 Å². The van der Waals surface area contributed by atoms with Gasteiger partial charge in [0.25, 0.3) is 0 Å². The lowest BCUT2D eigenvalue weighted by Crippen LogP contribution is -2.43. The molecule has 84 valence electrons. The van der Waals surface area contributed by atoms with E-state index in [4.69, 9.17) is 0 Å². The zero-order valence-electron chi connectivity index (χ0n) is 8.70. The maximum atomic E-state index is 13.3. The number of halogens is 1. The molecule has 1 fully saturated rings. The number of carbonyl (C=O) groups excluding carboxylic acids is 2. The fourth-order valence-corrected chi connectivity index (χ4v) is 1.67. The van der Waals surface area contributed by atoms with Gasteiger partial charge in [0.15, 0.2) is 0 Å². The number of hydrogen-bond donors (Lipinski definition) is 0. The molecule has 0 atom stereocenters. The molecule has 0 aliphatic carbocycles. The van der Waals surface area contributed by atoms with E-state index < -0.39 is 11.9 Å². The number of cyclic esters (lactones) is 2. The van der Waals surface area contributed by atoms with Crippen molar-refractivity contribution < 1.29 is 18.7 Å². The minimum atomic E-state index is -0.611. The van der Waals surface area contributed by atoms with Crippen LogP contribution < -0.4 is 4.90 Å². The number of nitrogens with zero attached hydrogens (tertiary/aromatic N) is 1. The van der Waals surface area contributed by atoms with Crippen LogP contribution in [0, 0.1) is 12.7 Å². The topological polar surface area (TPSA) is 46.6 Å². The second kappa shape index (κ2) is 3.92. The maximum Gasteiger partial charge on any atom is 0.333 e. The van der Waals surface area contributed by atoms with Crippen molar-refractivity contribution in [2.75, 3.05) is 18.0 Å². The summed E-state index contributed by atoms with van der Waals surface area (Å²) < 4.78 is 17.7. The minimum Gasteiger partial charge on any atom is -0.390 e. The lowest BCUT2D eigenvalue weighted by atomic mass is 10.1. The molecule has 16 heavy (non-hydrogen) atoms. The second-order valence-corrected chi connectivity index (χ2v) is 3.59. The highest BCUT2D eigenvalue weighted by Gasteiger charge is 2.26. The Labute approximate surface area is 91.6 Å². The number of esters is 2. The average molecular weight is 223 g/mol. The molecule has 1 aliphatic rings. The summed E-state index contributed by atoms with van der Waals surface area (Å²) in [6.45, 7) is 1.54. The third-order valence-electron chi connectivity index (χ3n) is 2.45. The van der Waals surface area contributed by atoms with Crippen LogP contribution in [0.1, 0.15) is 5.56 Å². The summed E-state index contributed by atoms with van der Waals surface area (Å²) in [6, 6.07) is 4.55. The van der Waals surface area contributed by atoms with Gasteiger partial charge in [-0.2, -0.15) is 0 Å². The molecule has 5 heteroatoms. The Hall–Kier alpha value is -1.91. The molecule has 0 unspecified atom stereocenters. The maximum absolute atomic E-state index is 13.3. The zero-order valence-corrected chi connectivity index (χ0v) is 8.70. The lowest BCUT2D eigenvalue weighted by Gasteiger charge is -2.27. The Kier molecular flexibility index (Phi) is 2.60. The number of ether oxygens (including phenoxy) is 1. The number of morpholine rings is 1. The van der Waals surface area contributed by atoms with Crippen LogP contribution in [0.25, 0.3) is 0 Å². The van der Waals surface area contributed by atoms with Crippen LogP contribution in [0.3, 0.4) is 0 Å². The van der Waals surface area contributed by atoms with E-state index >= 15 is 0 Å². The smallest absolute Gasteiger partial charge is 0.333 e. The van der Waals surface area contributed by atoms with E-state index in [1.54, 1.807) is 19.1 Å². The van der Waals surface area contributed by atoms with E-state index in [-0.39, 0.29) is 18.9 Å². The van der Waals surface area contributed by atoms with E-state index in [1.807, 2.05) is 0 Å². The van der Waals surface area contributed by atoms with Crippen LogP contribution in [0.4, 0.5) is 10.1 Å². The number of carbonyl (C=O) groups is 2. The summed E-state index contributed by atoms with van der Waals surface area (Å²) in [6.07, 6.45) is 0. The van der Waals surface area contributed by atoms with E-state index in [0.717, 1.165) is 0 Å². The number of rotatable bonds is 1. The van der Waals surface area contributed by atoms with Crippen molar-refractivity contribution in [3.63, 3.8) is 0 Å². The first-order chi connectivity index (χ1) is 7.58. The van der Waals surface area contributed by atoms with Gasteiger partial charge < -0.3 is 9.64 Å². The van der Waals surface area contributed by atoms with Crippen molar-refractivity contribution in [3.8, 4) is 0 Å². The number of hydrogen-bond acceptors (Lipinski definition) is 4. The van der Waals surface area contributed by atoms with Crippen LogP contribution in [0.2, 0.25) is 0 Å².